The normalized spacial score (nSPS) is 19.2. The van der Waals surface area contributed by atoms with Gasteiger partial charge in [0.05, 0.1) is 6.04 Å². The van der Waals surface area contributed by atoms with Crippen molar-refractivity contribution in [3.05, 3.63) is 34.9 Å². The summed E-state index contributed by atoms with van der Waals surface area (Å²) in [5.74, 6) is 0.195. The number of fused-ring (bicyclic) bond motifs is 1. The van der Waals surface area contributed by atoms with Gasteiger partial charge in [-0.1, -0.05) is 39.0 Å². The summed E-state index contributed by atoms with van der Waals surface area (Å²) >= 11 is 0. The fraction of sp³-hybridized carbons (Fsp3) is 0.611. The minimum Gasteiger partial charge on any atom is -0.347 e. The first-order chi connectivity index (χ1) is 9.76. The van der Waals surface area contributed by atoms with Crippen LogP contribution in [0.5, 0.6) is 0 Å². The van der Waals surface area contributed by atoms with E-state index in [0.29, 0.717) is 0 Å². The quantitative estimate of drug-likeness (QED) is 0.854. The minimum atomic E-state index is -0.0301. The van der Waals surface area contributed by atoms with E-state index in [9.17, 15) is 4.79 Å². The fourth-order valence-corrected chi connectivity index (χ4v) is 2.91. The smallest absolute Gasteiger partial charge is 0.239 e. The molecule has 3 heteroatoms. The van der Waals surface area contributed by atoms with Gasteiger partial charge in [-0.15, -0.1) is 0 Å². The molecular formula is C18H28N2O. The maximum Gasteiger partial charge on any atom is 0.239 e. The van der Waals surface area contributed by atoms with Crippen LogP contribution in [-0.4, -0.2) is 42.9 Å². The fourth-order valence-electron chi connectivity index (χ4n) is 2.91. The van der Waals surface area contributed by atoms with Crippen LogP contribution in [-0.2, 0) is 23.2 Å². The molecule has 1 amide bonds. The topological polar surface area (TPSA) is 23.6 Å². The lowest BCUT2D eigenvalue weighted by molar-refractivity contribution is -0.134. The molecule has 0 saturated carbocycles. The van der Waals surface area contributed by atoms with E-state index in [2.05, 4.69) is 43.9 Å². The number of hydrogen-bond acceptors (Lipinski definition) is 2. The Morgan fingerprint density at radius 1 is 1.33 bits per heavy atom. The van der Waals surface area contributed by atoms with Gasteiger partial charge < -0.3 is 4.90 Å². The molecule has 0 spiro atoms. The van der Waals surface area contributed by atoms with E-state index in [-0.39, 0.29) is 17.4 Å². The number of nitrogens with zero attached hydrogens (tertiary/aromatic N) is 2. The number of rotatable bonds is 3. The molecule has 2 rings (SSSR count). The molecule has 0 N–H and O–H groups in total. The molecule has 0 aromatic heterocycles. The zero-order valence-electron chi connectivity index (χ0n) is 14.2. The number of amides is 1. The third-order valence-electron chi connectivity index (χ3n) is 4.96. The average Bonchev–Trinajstić information content (AvgIpc) is 2.45. The maximum absolute atomic E-state index is 12.3. The van der Waals surface area contributed by atoms with Gasteiger partial charge in [0, 0.05) is 20.6 Å². The Bertz CT molecular complexity index is 534. The Kier molecular flexibility index (Phi) is 4.43. The second kappa shape index (κ2) is 5.80. The van der Waals surface area contributed by atoms with Crippen molar-refractivity contribution in [2.75, 3.05) is 21.1 Å². The molecule has 1 aliphatic heterocycles. The van der Waals surface area contributed by atoms with E-state index < -0.39 is 0 Å². The highest BCUT2D eigenvalue weighted by atomic mass is 16.2. The van der Waals surface area contributed by atoms with Gasteiger partial charge in [-0.2, -0.15) is 0 Å². The standard InChI is InChI=1S/C18H28N2O/c1-7-18(2,3)15-9-8-13-11-16(17(21)19(4)5)20(6)12-14(13)10-15/h8-10,16H,7,11-12H2,1-6H3. The molecule has 1 unspecified atom stereocenters. The highest BCUT2D eigenvalue weighted by Gasteiger charge is 2.31. The lowest BCUT2D eigenvalue weighted by Crippen LogP contribution is -2.48. The van der Waals surface area contributed by atoms with Gasteiger partial charge in [0.2, 0.25) is 5.91 Å². The van der Waals surface area contributed by atoms with E-state index in [1.54, 1.807) is 4.90 Å². The predicted molar refractivity (Wildman–Crippen MR) is 87.4 cm³/mol. The highest BCUT2D eigenvalue weighted by Crippen LogP contribution is 2.31. The number of carbonyl (C=O) groups excluding carboxylic acids is 1. The third kappa shape index (κ3) is 3.13. The molecule has 0 saturated heterocycles. The second-order valence-electron chi connectivity index (χ2n) is 7.09. The molecule has 21 heavy (non-hydrogen) atoms. The summed E-state index contributed by atoms with van der Waals surface area (Å²) < 4.78 is 0. The number of benzene rings is 1. The largest absolute Gasteiger partial charge is 0.347 e. The SMILES string of the molecule is CCC(C)(C)c1ccc2c(c1)CN(C)C(C(=O)N(C)C)C2. The summed E-state index contributed by atoms with van der Waals surface area (Å²) in [4.78, 5) is 16.1. The van der Waals surface area contributed by atoms with Crippen LogP contribution < -0.4 is 0 Å². The zero-order chi connectivity index (χ0) is 15.8. The molecule has 1 aromatic rings. The predicted octanol–water partition coefficient (Wildman–Crippen LogP) is 2.82. The average molecular weight is 288 g/mol. The van der Waals surface area contributed by atoms with E-state index in [1.165, 1.54) is 16.7 Å². The summed E-state index contributed by atoms with van der Waals surface area (Å²) in [6.07, 6.45) is 1.94. The molecule has 0 radical (unpaired) electrons. The summed E-state index contributed by atoms with van der Waals surface area (Å²) in [6, 6.07) is 6.78. The van der Waals surface area contributed by atoms with E-state index >= 15 is 0 Å². The molecule has 0 fully saturated rings. The molecule has 0 bridgehead atoms. The van der Waals surface area contributed by atoms with Gasteiger partial charge in [-0.25, -0.2) is 0 Å². The van der Waals surface area contributed by atoms with Crippen LogP contribution in [0.2, 0.25) is 0 Å². The lowest BCUT2D eigenvalue weighted by Gasteiger charge is -2.35. The Morgan fingerprint density at radius 3 is 2.57 bits per heavy atom. The van der Waals surface area contributed by atoms with Crippen molar-refractivity contribution in [1.29, 1.82) is 0 Å². The van der Waals surface area contributed by atoms with Crippen molar-refractivity contribution in [2.24, 2.45) is 0 Å². The first-order valence-electron chi connectivity index (χ1n) is 7.80. The summed E-state index contributed by atoms with van der Waals surface area (Å²) in [7, 11) is 5.71. The lowest BCUT2D eigenvalue weighted by atomic mass is 9.80. The van der Waals surface area contributed by atoms with Crippen molar-refractivity contribution in [3.8, 4) is 0 Å². The molecule has 0 aliphatic carbocycles. The van der Waals surface area contributed by atoms with Crippen LogP contribution in [0.1, 0.15) is 43.9 Å². The first-order valence-corrected chi connectivity index (χ1v) is 7.80. The molecule has 1 aliphatic rings. The van der Waals surface area contributed by atoms with Gasteiger partial charge in [0.15, 0.2) is 0 Å². The molecule has 1 atom stereocenters. The van der Waals surface area contributed by atoms with E-state index in [4.69, 9.17) is 0 Å². The van der Waals surface area contributed by atoms with Crippen LogP contribution in [0.25, 0.3) is 0 Å². The van der Waals surface area contributed by atoms with Crippen molar-refractivity contribution in [3.63, 3.8) is 0 Å². The van der Waals surface area contributed by atoms with Crippen LogP contribution in [0.4, 0.5) is 0 Å². The van der Waals surface area contributed by atoms with E-state index in [0.717, 1.165) is 19.4 Å². The Morgan fingerprint density at radius 2 is 2.00 bits per heavy atom. The van der Waals surface area contributed by atoms with Gasteiger partial charge in [-0.05, 0) is 42.0 Å². The van der Waals surface area contributed by atoms with Crippen molar-refractivity contribution in [2.45, 2.75) is 51.6 Å². The summed E-state index contributed by atoms with van der Waals surface area (Å²) in [5, 5.41) is 0. The Labute approximate surface area is 128 Å². The van der Waals surface area contributed by atoms with Crippen LogP contribution in [0.3, 0.4) is 0 Å². The molecule has 3 nitrogen and oxygen atoms in total. The summed E-state index contributed by atoms with van der Waals surface area (Å²) in [5.41, 5.74) is 4.31. The maximum atomic E-state index is 12.3. The monoisotopic (exact) mass is 288 g/mol. The van der Waals surface area contributed by atoms with E-state index in [1.807, 2.05) is 21.1 Å². The van der Waals surface area contributed by atoms with Gasteiger partial charge in [0.1, 0.15) is 0 Å². The molecule has 1 aromatic carbocycles. The van der Waals surface area contributed by atoms with Crippen molar-refractivity contribution >= 4 is 5.91 Å². The number of hydrogen-bond donors (Lipinski definition) is 0. The molecular weight excluding hydrogens is 260 g/mol. The summed E-state index contributed by atoms with van der Waals surface area (Å²) in [6.45, 7) is 7.67. The third-order valence-corrected chi connectivity index (χ3v) is 4.96. The van der Waals surface area contributed by atoms with Crippen molar-refractivity contribution < 1.29 is 4.79 Å². The first kappa shape index (κ1) is 16.0. The molecule has 1 heterocycles. The second-order valence-corrected chi connectivity index (χ2v) is 7.09. The van der Waals surface area contributed by atoms with Crippen LogP contribution >= 0.6 is 0 Å². The Hall–Kier alpha value is -1.35. The van der Waals surface area contributed by atoms with Crippen molar-refractivity contribution in [1.82, 2.24) is 9.80 Å². The zero-order valence-corrected chi connectivity index (χ0v) is 14.2. The van der Waals surface area contributed by atoms with Gasteiger partial charge in [-0.3, -0.25) is 9.69 Å². The number of likely N-dealkylation sites (N-methyl/N-ethyl adjacent to an activating group) is 2. The van der Waals surface area contributed by atoms with Gasteiger partial charge >= 0.3 is 0 Å². The Balaban J connectivity index is 2.30. The highest BCUT2D eigenvalue weighted by molar-refractivity contribution is 5.82. The van der Waals surface area contributed by atoms with Crippen LogP contribution in [0, 0.1) is 0 Å². The van der Waals surface area contributed by atoms with Gasteiger partial charge in [0.25, 0.3) is 0 Å². The molecule has 116 valence electrons. The van der Waals surface area contributed by atoms with Crippen LogP contribution in [0.15, 0.2) is 18.2 Å². The number of carbonyl (C=O) groups is 1. The minimum absolute atomic E-state index is 0.0301.